The maximum absolute atomic E-state index is 5.19. The second kappa shape index (κ2) is 8.74. The van der Waals surface area contributed by atoms with Gasteiger partial charge in [0.2, 0.25) is 5.95 Å². The Morgan fingerprint density at radius 2 is 1.71 bits per heavy atom. The van der Waals surface area contributed by atoms with Crippen molar-refractivity contribution in [1.29, 1.82) is 0 Å². The summed E-state index contributed by atoms with van der Waals surface area (Å²) in [5.41, 5.74) is 3.61. The Labute approximate surface area is 167 Å². The molecule has 0 amide bonds. The third kappa shape index (κ3) is 5.22. The average Bonchev–Trinajstić information content (AvgIpc) is 2.68. The van der Waals surface area contributed by atoms with Gasteiger partial charge in [0, 0.05) is 18.4 Å². The van der Waals surface area contributed by atoms with Crippen molar-refractivity contribution >= 4 is 17.5 Å². The highest BCUT2D eigenvalue weighted by molar-refractivity contribution is 5.62. The van der Waals surface area contributed by atoms with Gasteiger partial charge in [-0.15, -0.1) is 0 Å². The Kier molecular flexibility index (Phi) is 6.14. The quantitative estimate of drug-likeness (QED) is 0.595. The number of aromatic nitrogens is 2. The van der Waals surface area contributed by atoms with Gasteiger partial charge in [0.05, 0.1) is 7.11 Å². The molecule has 0 spiro atoms. The third-order valence-electron chi connectivity index (χ3n) is 4.51. The van der Waals surface area contributed by atoms with Gasteiger partial charge in [-0.1, -0.05) is 51.1 Å². The van der Waals surface area contributed by atoms with Crippen molar-refractivity contribution in [2.75, 3.05) is 24.3 Å². The van der Waals surface area contributed by atoms with Crippen molar-refractivity contribution < 1.29 is 4.74 Å². The summed E-state index contributed by atoms with van der Waals surface area (Å²) in [5.74, 6) is 2.26. The highest BCUT2D eigenvalue weighted by atomic mass is 16.5. The van der Waals surface area contributed by atoms with Gasteiger partial charge in [-0.25, -0.2) is 4.98 Å². The molecule has 5 nitrogen and oxygen atoms in total. The van der Waals surface area contributed by atoms with E-state index < -0.39 is 0 Å². The zero-order valence-corrected chi connectivity index (χ0v) is 17.0. The van der Waals surface area contributed by atoms with Crippen LogP contribution in [0.5, 0.6) is 5.75 Å². The lowest BCUT2D eigenvalue weighted by atomic mass is 9.86. The van der Waals surface area contributed by atoms with Crippen LogP contribution in [0.15, 0.2) is 60.8 Å². The molecule has 5 heteroatoms. The molecule has 1 aromatic heterocycles. The van der Waals surface area contributed by atoms with Gasteiger partial charge in [0.25, 0.3) is 0 Å². The fourth-order valence-electron chi connectivity index (χ4n) is 3.01. The van der Waals surface area contributed by atoms with Crippen LogP contribution in [0.4, 0.5) is 17.5 Å². The first-order valence-electron chi connectivity index (χ1n) is 9.52. The van der Waals surface area contributed by atoms with E-state index in [1.54, 1.807) is 13.3 Å². The normalized spacial score (nSPS) is 11.1. The molecule has 0 bridgehead atoms. The average molecular weight is 377 g/mol. The summed E-state index contributed by atoms with van der Waals surface area (Å²) in [5, 5.41) is 6.73. The van der Waals surface area contributed by atoms with Gasteiger partial charge in [-0.3, -0.25) is 0 Å². The summed E-state index contributed by atoms with van der Waals surface area (Å²) in [6.45, 7) is 7.38. The fourth-order valence-corrected chi connectivity index (χ4v) is 3.01. The van der Waals surface area contributed by atoms with Crippen molar-refractivity contribution in [2.24, 2.45) is 0 Å². The van der Waals surface area contributed by atoms with Gasteiger partial charge >= 0.3 is 0 Å². The van der Waals surface area contributed by atoms with Crippen molar-refractivity contribution in [1.82, 2.24) is 9.97 Å². The summed E-state index contributed by atoms with van der Waals surface area (Å²) >= 11 is 0. The molecule has 0 unspecified atom stereocenters. The number of anilines is 3. The third-order valence-corrected chi connectivity index (χ3v) is 4.51. The highest BCUT2D eigenvalue weighted by Crippen LogP contribution is 2.30. The van der Waals surface area contributed by atoms with E-state index >= 15 is 0 Å². The topological polar surface area (TPSA) is 59.1 Å². The van der Waals surface area contributed by atoms with Crippen LogP contribution in [0.25, 0.3) is 0 Å². The predicted molar refractivity (Wildman–Crippen MR) is 116 cm³/mol. The maximum Gasteiger partial charge on any atom is 0.224 e. The van der Waals surface area contributed by atoms with Crippen LogP contribution >= 0.6 is 0 Å². The molecule has 28 heavy (non-hydrogen) atoms. The lowest BCUT2D eigenvalue weighted by Crippen LogP contribution is -2.14. The molecule has 2 aromatic carbocycles. The molecule has 1 heterocycles. The first-order chi connectivity index (χ1) is 13.5. The number of para-hydroxylation sites is 1. The Morgan fingerprint density at radius 1 is 0.964 bits per heavy atom. The number of rotatable bonds is 7. The minimum absolute atomic E-state index is 0.0517. The molecule has 0 aliphatic rings. The molecule has 0 atom stereocenters. The van der Waals surface area contributed by atoms with Crippen molar-refractivity contribution in [3.8, 4) is 5.75 Å². The smallest absolute Gasteiger partial charge is 0.224 e. The zero-order valence-electron chi connectivity index (χ0n) is 17.0. The molecule has 3 aromatic rings. The SMILES string of the molecule is COc1ccc(CCNc2nccc(Nc3ccccc3C(C)(C)C)n2)cc1. The molecule has 2 N–H and O–H groups in total. The summed E-state index contributed by atoms with van der Waals surface area (Å²) in [4.78, 5) is 8.92. The molecular weight excluding hydrogens is 348 g/mol. The highest BCUT2D eigenvalue weighted by Gasteiger charge is 2.17. The number of ether oxygens (including phenoxy) is 1. The van der Waals surface area contributed by atoms with E-state index in [2.05, 4.69) is 71.7 Å². The van der Waals surface area contributed by atoms with E-state index in [9.17, 15) is 0 Å². The van der Waals surface area contributed by atoms with Crippen LogP contribution in [0.2, 0.25) is 0 Å². The Balaban J connectivity index is 1.63. The predicted octanol–water partition coefficient (Wildman–Crippen LogP) is 5.18. The van der Waals surface area contributed by atoms with Crippen LogP contribution in [0.3, 0.4) is 0 Å². The van der Waals surface area contributed by atoms with Gasteiger partial charge in [0.1, 0.15) is 11.6 Å². The van der Waals surface area contributed by atoms with E-state index in [0.717, 1.165) is 30.2 Å². The molecular formula is C23H28N4O. The van der Waals surface area contributed by atoms with E-state index in [1.807, 2.05) is 24.3 Å². The van der Waals surface area contributed by atoms with Crippen LogP contribution in [-0.2, 0) is 11.8 Å². The number of methoxy groups -OCH3 is 1. The number of nitrogens with zero attached hydrogens (tertiary/aromatic N) is 2. The summed E-state index contributed by atoms with van der Waals surface area (Å²) in [6, 6.07) is 18.3. The largest absolute Gasteiger partial charge is 0.497 e. The summed E-state index contributed by atoms with van der Waals surface area (Å²) in [7, 11) is 1.68. The molecule has 3 rings (SSSR count). The number of nitrogens with one attached hydrogen (secondary N) is 2. The van der Waals surface area contributed by atoms with Gasteiger partial charge in [-0.2, -0.15) is 4.98 Å². The Bertz CT molecular complexity index is 901. The second-order valence-corrected chi connectivity index (χ2v) is 7.71. The van der Waals surface area contributed by atoms with E-state index in [-0.39, 0.29) is 5.41 Å². The van der Waals surface area contributed by atoms with Crippen LogP contribution in [0.1, 0.15) is 31.9 Å². The molecule has 0 aliphatic carbocycles. The number of hydrogen-bond donors (Lipinski definition) is 2. The van der Waals surface area contributed by atoms with Crippen LogP contribution in [0, 0.1) is 0 Å². The summed E-state index contributed by atoms with van der Waals surface area (Å²) in [6.07, 6.45) is 2.66. The Morgan fingerprint density at radius 3 is 2.43 bits per heavy atom. The van der Waals surface area contributed by atoms with Crippen LogP contribution < -0.4 is 15.4 Å². The number of benzene rings is 2. The van der Waals surface area contributed by atoms with E-state index in [1.165, 1.54) is 11.1 Å². The molecule has 146 valence electrons. The minimum atomic E-state index is 0.0517. The lowest BCUT2D eigenvalue weighted by molar-refractivity contribution is 0.414. The monoisotopic (exact) mass is 376 g/mol. The second-order valence-electron chi connectivity index (χ2n) is 7.71. The Hall–Kier alpha value is -3.08. The standard InChI is InChI=1S/C23H28N4O/c1-23(2,3)19-7-5-6-8-20(19)26-21-14-16-25-22(27-21)24-15-13-17-9-11-18(28-4)12-10-17/h5-12,14,16H,13,15H2,1-4H3,(H2,24,25,26,27). The number of hydrogen-bond acceptors (Lipinski definition) is 5. The van der Waals surface area contributed by atoms with E-state index in [0.29, 0.717) is 5.95 Å². The van der Waals surface area contributed by atoms with Crippen molar-refractivity contribution in [2.45, 2.75) is 32.6 Å². The molecule has 0 saturated heterocycles. The molecule has 0 fully saturated rings. The maximum atomic E-state index is 5.19. The molecule has 0 radical (unpaired) electrons. The summed E-state index contributed by atoms with van der Waals surface area (Å²) < 4.78 is 5.19. The van der Waals surface area contributed by atoms with Gasteiger partial charge in [-0.05, 0) is 47.2 Å². The first-order valence-corrected chi connectivity index (χ1v) is 9.52. The van der Waals surface area contributed by atoms with Crippen molar-refractivity contribution in [3.05, 3.63) is 71.9 Å². The minimum Gasteiger partial charge on any atom is -0.497 e. The van der Waals surface area contributed by atoms with Crippen molar-refractivity contribution in [3.63, 3.8) is 0 Å². The molecule has 0 saturated carbocycles. The van der Waals surface area contributed by atoms with Gasteiger partial charge in [0.15, 0.2) is 0 Å². The zero-order chi connectivity index (χ0) is 20.0. The fraction of sp³-hybridized carbons (Fsp3) is 0.304. The first kappa shape index (κ1) is 19.7. The van der Waals surface area contributed by atoms with Crippen LogP contribution in [-0.4, -0.2) is 23.6 Å². The lowest BCUT2D eigenvalue weighted by Gasteiger charge is -2.23. The van der Waals surface area contributed by atoms with E-state index in [4.69, 9.17) is 4.74 Å². The van der Waals surface area contributed by atoms with Gasteiger partial charge < -0.3 is 15.4 Å². The molecule has 0 aliphatic heterocycles.